The van der Waals surface area contributed by atoms with Gasteiger partial charge in [-0.05, 0) is 42.5 Å². The lowest BCUT2D eigenvalue weighted by atomic mass is 10.1. The first-order chi connectivity index (χ1) is 14.5. The number of oxazole rings is 1. The Balaban J connectivity index is 1.88. The highest BCUT2D eigenvalue weighted by molar-refractivity contribution is 6.18. The summed E-state index contributed by atoms with van der Waals surface area (Å²) in [5, 5.41) is 2.80. The fourth-order valence-corrected chi connectivity index (χ4v) is 2.81. The quantitative estimate of drug-likeness (QED) is 0.263. The Hall–Kier alpha value is -4.06. The molecule has 0 unspecified atom stereocenters. The monoisotopic (exact) mass is 399 g/mol. The van der Waals surface area contributed by atoms with E-state index >= 15 is 0 Å². The summed E-state index contributed by atoms with van der Waals surface area (Å²) in [6.07, 6.45) is 4.57. The fourth-order valence-electron chi connectivity index (χ4n) is 2.81. The number of nitrogens with one attached hydrogen (secondary N) is 1. The van der Waals surface area contributed by atoms with Gasteiger partial charge in [0.25, 0.3) is 5.91 Å². The molecule has 3 aromatic rings. The van der Waals surface area contributed by atoms with Crippen molar-refractivity contribution >= 4 is 23.6 Å². The number of aromatic nitrogens is 1. The average molecular weight is 399 g/mol. The highest BCUT2D eigenvalue weighted by atomic mass is 16.4. The first-order valence-corrected chi connectivity index (χ1v) is 9.27. The van der Waals surface area contributed by atoms with Gasteiger partial charge in [-0.2, -0.15) is 0 Å². The van der Waals surface area contributed by atoms with Gasteiger partial charge >= 0.3 is 0 Å². The van der Waals surface area contributed by atoms with Crippen LogP contribution in [0, 0.1) is 0 Å². The van der Waals surface area contributed by atoms with Crippen molar-refractivity contribution in [1.29, 1.82) is 0 Å². The van der Waals surface area contributed by atoms with E-state index in [9.17, 15) is 9.59 Å². The van der Waals surface area contributed by atoms with Gasteiger partial charge in [-0.25, -0.2) is 4.98 Å². The Morgan fingerprint density at radius 1 is 1.07 bits per heavy atom. The summed E-state index contributed by atoms with van der Waals surface area (Å²) in [5.74, 6) is 0.283. The van der Waals surface area contributed by atoms with Gasteiger partial charge in [0, 0.05) is 37.0 Å². The molecule has 1 N–H and O–H groups in total. The zero-order valence-electron chi connectivity index (χ0n) is 16.8. The van der Waals surface area contributed by atoms with Crippen molar-refractivity contribution < 1.29 is 14.0 Å². The summed E-state index contributed by atoms with van der Waals surface area (Å²) in [7, 11) is 1.59. The summed E-state index contributed by atoms with van der Waals surface area (Å²) < 4.78 is 5.91. The molecule has 0 saturated heterocycles. The topological polar surface area (TPSA) is 84.6 Å². The molecule has 1 aromatic heterocycles. The number of allylic oxidation sites excluding steroid dienone is 2. The number of rotatable bonds is 7. The average Bonchev–Trinajstić information content (AvgIpc) is 3.21. The summed E-state index contributed by atoms with van der Waals surface area (Å²) in [6.45, 7) is 5.05. The summed E-state index contributed by atoms with van der Waals surface area (Å²) in [5.41, 5.74) is 2.72. The van der Waals surface area contributed by atoms with Crippen LogP contribution in [0.25, 0.3) is 22.8 Å². The molecule has 0 atom stereocenters. The number of hydrogen-bond acceptors (Lipinski definition) is 5. The van der Waals surface area contributed by atoms with E-state index in [0.717, 1.165) is 5.56 Å². The van der Waals surface area contributed by atoms with E-state index in [2.05, 4.69) is 21.9 Å². The number of carbonyl (C=O) groups is 2. The normalized spacial score (nSPS) is 11.5. The van der Waals surface area contributed by atoms with Gasteiger partial charge in [0.2, 0.25) is 5.89 Å². The van der Waals surface area contributed by atoms with Crippen LogP contribution in [-0.4, -0.2) is 29.9 Å². The van der Waals surface area contributed by atoms with Gasteiger partial charge in [-0.1, -0.05) is 30.9 Å². The first kappa shape index (κ1) is 20.7. The number of aliphatic imine (C=N–C) groups is 1. The van der Waals surface area contributed by atoms with Crippen LogP contribution in [-0.2, 0) is 4.79 Å². The van der Waals surface area contributed by atoms with Crippen LogP contribution < -0.4 is 5.32 Å². The van der Waals surface area contributed by atoms with Crippen LogP contribution in [0.2, 0.25) is 0 Å². The summed E-state index contributed by atoms with van der Waals surface area (Å²) in [6, 6.07) is 16.4. The van der Waals surface area contributed by atoms with Crippen LogP contribution in [0.4, 0.5) is 5.69 Å². The minimum Gasteiger partial charge on any atom is -0.435 e. The molecular formula is C24H21N3O3. The highest BCUT2D eigenvalue weighted by Crippen LogP contribution is 2.31. The van der Waals surface area contributed by atoms with E-state index in [-0.39, 0.29) is 17.4 Å². The van der Waals surface area contributed by atoms with E-state index in [4.69, 9.17) is 4.42 Å². The number of Topliss-reactive ketones (excluding diaryl/α,β-unsaturated/α-hetero) is 1. The van der Waals surface area contributed by atoms with Gasteiger partial charge in [-0.3, -0.25) is 14.6 Å². The second kappa shape index (κ2) is 9.43. The predicted octanol–water partition coefficient (Wildman–Crippen LogP) is 4.96. The fraction of sp³-hybridized carbons (Fsp3) is 0.0833. The van der Waals surface area contributed by atoms with Gasteiger partial charge in [0.15, 0.2) is 17.2 Å². The third-order valence-electron chi connectivity index (χ3n) is 4.21. The van der Waals surface area contributed by atoms with Crippen LogP contribution in [0.3, 0.4) is 0 Å². The molecule has 2 aromatic carbocycles. The number of ketones is 1. The molecule has 0 aliphatic rings. The van der Waals surface area contributed by atoms with Crippen LogP contribution >= 0.6 is 0 Å². The molecule has 0 fully saturated rings. The van der Waals surface area contributed by atoms with E-state index < -0.39 is 0 Å². The number of anilines is 1. The second-order valence-electron chi connectivity index (χ2n) is 6.40. The number of benzene rings is 2. The maximum atomic E-state index is 12.4. The Morgan fingerprint density at radius 3 is 2.37 bits per heavy atom. The van der Waals surface area contributed by atoms with Gasteiger partial charge < -0.3 is 9.73 Å². The minimum absolute atomic E-state index is 0.189. The van der Waals surface area contributed by atoms with Gasteiger partial charge in [0.1, 0.15) is 0 Å². The SMILES string of the molecule is C=C/C=C(\C=NC)C(=O)Nc1ccc(-c2oc(-c3ccccc3)nc2C(C)=O)cc1. The Labute approximate surface area is 174 Å². The predicted molar refractivity (Wildman–Crippen MR) is 119 cm³/mol. The Kier molecular flexibility index (Phi) is 6.49. The van der Waals surface area contributed by atoms with Crippen molar-refractivity contribution in [2.24, 2.45) is 4.99 Å². The van der Waals surface area contributed by atoms with E-state index in [1.54, 1.807) is 37.4 Å². The smallest absolute Gasteiger partial charge is 0.257 e. The standard InChI is InChI=1S/C24H21N3O3/c1-4-8-19(15-25-3)23(29)26-20-13-11-17(12-14-20)22-21(16(2)28)27-24(30-22)18-9-6-5-7-10-18/h4-15H,1H2,2-3H3,(H,26,29)/b19-8+,25-15?. The molecule has 0 saturated carbocycles. The van der Waals surface area contributed by atoms with Gasteiger partial charge in [0.05, 0.1) is 5.57 Å². The molecule has 6 heteroatoms. The Bertz CT molecular complexity index is 1120. The van der Waals surface area contributed by atoms with Crippen molar-refractivity contribution in [2.45, 2.75) is 6.92 Å². The molecule has 1 amide bonds. The van der Waals surface area contributed by atoms with Crippen LogP contribution in [0.15, 0.2) is 88.3 Å². The van der Waals surface area contributed by atoms with Crippen LogP contribution in [0.5, 0.6) is 0 Å². The highest BCUT2D eigenvalue weighted by Gasteiger charge is 2.19. The third kappa shape index (κ3) is 4.67. The van der Waals surface area contributed by atoms with Gasteiger partial charge in [-0.15, -0.1) is 0 Å². The number of nitrogens with zero attached hydrogens (tertiary/aromatic N) is 2. The maximum Gasteiger partial charge on any atom is 0.257 e. The number of amides is 1. The van der Waals surface area contributed by atoms with Crippen LogP contribution in [0.1, 0.15) is 17.4 Å². The van der Waals surface area contributed by atoms with Crippen molar-refractivity contribution in [3.63, 3.8) is 0 Å². The number of hydrogen-bond donors (Lipinski definition) is 1. The molecule has 0 aliphatic heterocycles. The van der Waals surface area contributed by atoms with Crippen molar-refractivity contribution in [2.75, 3.05) is 12.4 Å². The molecule has 150 valence electrons. The third-order valence-corrected chi connectivity index (χ3v) is 4.21. The molecule has 0 spiro atoms. The molecule has 1 heterocycles. The molecule has 6 nitrogen and oxygen atoms in total. The lowest BCUT2D eigenvalue weighted by Crippen LogP contribution is -2.15. The maximum absolute atomic E-state index is 12.4. The van der Waals surface area contributed by atoms with E-state index in [1.165, 1.54) is 19.2 Å². The first-order valence-electron chi connectivity index (χ1n) is 9.27. The Morgan fingerprint density at radius 2 is 1.77 bits per heavy atom. The summed E-state index contributed by atoms with van der Waals surface area (Å²) in [4.78, 5) is 32.7. The zero-order valence-corrected chi connectivity index (χ0v) is 16.8. The lowest BCUT2D eigenvalue weighted by Gasteiger charge is -2.06. The molecule has 0 aliphatic carbocycles. The second-order valence-corrected chi connectivity index (χ2v) is 6.40. The zero-order chi connectivity index (χ0) is 21.5. The van der Waals surface area contributed by atoms with Crippen molar-refractivity contribution in [3.8, 4) is 22.8 Å². The molecule has 30 heavy (non-hydrogen) atoms. The van der Waals surface area contributed by atoms with E-state index in [0.29, 0.717) is 28.5 Å². The van der Waals surface area contributed by atoms with E-state index in [1.807, 2.05) is 30.3 Å². The summed E-state index contributed by atoms with van der Waals surface area (Å²) >= 11 is 0. The largest absolute Gasteiger partial charge is 0.435 e. The molecule has 0 bridgehead atoms. The lowest BCUT2D eigenvalue weighted by molar-refractivity contribution is -0.112. The number of carbonyl (C=O) groups excluding carboxylic acids is 2. The molecular weight excluding hydrogens is 378 g/mol. The minimum atomic E-state index is -0.302. The molecule has 3 rings (SSSR count). The molecule has 0 radical (unpaired) electrons. The van der Waals surface area contributed by atoms with Crippen molar-refractivity contribution in [1.82, 2.24) is 4.98 Å². The van der Waals surface area contributed by atoms with Crippen molar-refractivity contribution in [3.05, 3.63) is 84.6 Å².